The molecule has 4 nitrogen and oxygen atoms in total. The second-order valence-corrected chi connectivity index (χ2v) is 7.24. The maximum Gasteiger partial charge on any atom is 0.337 e. The van der Waals surface area contributed by atoms with Crippen molar-refractivity contribution < 1.29 is 14.3 Å². The normalized spacial score (nSPS) is 19.2. The zero-order valence-electron chi connectivity index (χ0n) is 15.9. The van der Waals surface area contributed by atoms with Gasteiger partial charge in [-0.15, -0.1) is 0 Å². The molecule has 0 spiro atoms. The van der Waals surface area contributed by atoms with E-state index in [-0.39, 0.29) is 24.3 Å². The number of nitrogens with one attached hydrogen (secondary N) is 1. The number of dihydropyridines is 1. The maximum atomic E-state index is 13.1. The Balaban J connectivity index is 1.69. The molecule has 2 aliphatic rings. The molecule has 0 radical (unpaired) electrons. The number of carbonyl (C=O) groups is 2. The lowest BCUT2D eigenvalue weighted by molar-refractivity contribution is -0.140. The molecule has 0 saturated heterocycles. The van der Waals surface area contributed by atoms with Gasteiger partial charge in [-0.05, 0) is 30.9 Å². The van der Waals surface area contributed by atoms with Gasteiger partial charge >= 0.3 is 5.97 Å². The molecule has 1 atom stereocenters. The van der Waals surface area contributed by atoms with E-state index < -0.39 is 0 Å². The van der Waals surface area contributed by atoms with Gasteiger partial charge in [-0.2, -0.15) is 0 Å². The number of carbonyl (C=O) groups excluding carboxylic acids is 2. The van der Waals surface area contributed by atoms with Crippen molar-refractivity contribution in [2.75, 3.05) is 0 Å². The molecule has 142 valence electrons. The summed E-state index contributed by atoms with van der Waals surface area (Å²) in [4.78, 5) is 25.9. The summed E-state index contributed by atoms with van der Waals surface area (Å²) in [6, 6.07) is 19.4. The Kier molecular flexibility index (Phi) is 5.11. The number of hydrogen-bond donors (Lipinski definition) is 1. The lowest BCUT2D eigenvalue weighted by Crippen LogP contribution is -2.34. The number of rotatable bonds is 4. The Bertz CT molecular complexity index is 958. The van der Waals surface area contributed by atoms with Gasteiger partial charge in [0.25, 0.3) is 0 Å². The van der Waals surface area contributed by atoms with Crippen LogP contribution in [0.1, 0.15) is 43.2 Å². The molecule has 0 saturated carbocycles. The van der Waals surface area contributed by atoms with Crippen LogP contribution in [-0.2, 0) is 20.9 Å². The highest BCUT2D eigenvalue weighted by atomic mass is 16.5. The smallest absolute Gasteiger partial charge is 0.337 e. The van der Waals surface area contributed by atoms with E-state index in [0.29, 0.717) is 12.0 Å². The van der Waals surface area contributed by atoms with Gasteiger partial charge in [0.05, 0.1) is 5.57 Å². The summed E-state index contributed by atoms with van der Waals surface area (Å²) in [5, 5.41) is 3.32. The van der Waals surface area contributed by atoms with E-state index in [9.17, 15) is 9.59 Å². The van der Waals surface area contributed by atoms with Crippen LogP contribution in [0, 0.1) is 0 Å². The van der Waals surface area contributed by atoms with E-state index in [2.05, 4.69) is 5.32 Å². The standard InChI is InChI=1S/C24H23NO3/c1-16-21(24(27)28-15-17-9-4-2-5-10-17)22(18-11-6-3-7-12-18)23-19(25-16)13-8-14-20(23)26/h2-7,9-12,22,25H,8,13-15H2,1H3/t22-/m1/s1. The van der Waals surface area contributed by atoms with Gasteiger partial charge in [-0.3, -0.25) is 4.79 Å². The highest BCUT2D eigenvalue weighted by Gasteiger charge is 2.38. The Morgan fingerprint density at radius 1 is 1.04 bits per heavy atom. The first-order valence-electron chi connectivity index (χ1n) is 9.65. The average molecular weight is 373 g/mol. The highest BCUT2D eigenvalue weighted by molar-refractivity contribution is 6.03. The third-order valence-corrected chi connectivity index (χ3v) is 5.34. The molecular formula is C24H23NO3. The zero-order valence-corrected chi connectivity index (χ0v) is 15.9. The molecule has 2 aromatic carbocycles. The molecule has 2 aromatic rings. The highest BCUT2D eigenvalue weighted by Crippen LogP contribution is 2.42. The third-order valence-electron chi connectivity index (χ3n) is 5.34. The van der Waals surface area contributed by atoms with Gasteiger partial charge in [0.2, 0.25) is 0 Å². The second-order valence-electron chi connectivity index (χ2n) is 7.24. The van der Waals surface area contributed by atoms with Crippen LogP contribution in [0.3, 0.4) is 0 Å². The average Bonchev–Trinajstić information content (AvgIpc) is 2.72. The van der Waals surface area contributed by atoms with Gasteiger partial charge in [-0.25, -0.2) is 4.79 Å². The van der Waals surface area contributed by atoms with Crippen molar-refractivity contribution in [1.82, 2.24) is 5.32 Å². The fourth-order valence-electron chi connectivity index (χ4n) is 4.03. The minimum Gasteiger partial charge on any atom is -0.457 e. The molecule has 1 aliphatic heterocycles. The third kappa shape index (κ3) is 3.50. The van der Waals surface area contributed by atoms with Crippen molar-refractivity contribution in [2.24, 2.45) is 0 Å². The first-order valence-corrected chi connectivity index (χ1v) is 9.65. The summed E-state index contributed by atoms with van der Waals surface area (Å²) < 4.78 is 5.63. The predicted molar refractivity (Wildman–Crippen MR) is 107 cm³/mol. The number of benzene rings is 2. The molecule has 4 heteroatoms. The monoisotopic (exact) mass is 373 g/mol. The predicted octanol–water partition coefficient (Wildman–Crippen LogP) is 4.40. The Morgan fingerprint density at radius 2 is 1.71 bits per heavy atom. The van der Waals surface area contributed by atoms with Gasteiger partial charge in [0.1, 0.15) is 6.61 Å². The lowest BCUT2D eigenvalue weighted by atomic mass is 9.75. The molecule has 1 aliphatic carbocycles. The summed E-state index contributed by atoms with van der Waals surface area (Å²) >= 11 is 0. The van der Waals surface area contributed by atoms with Crippen LogP contribution >= 0.6 is 0 Å². The Morgan fingerprint density at radius 3 is 2.43 bits per heavy atom. The van der Waals surface area contributed by atoms with Crippen molar-refractivity contribution in [1.29, 1.82) is 0 Å². The number of ketones is 1. The minimum absolute atomic E-state index is 0.114. The van der Waals surface area contributed by atoms with Gasteiger partial charge in [0.15, 0.2) is 5.78 Å². The van der Waals surface area contributed by atoms with Crippen molar-refractivity contribution in [3.63, 3.8) is 0 Å². The van der Waals surface area contributed by atoms with Gasteiger partial charge in [0, 0.05) is 29.3 Å². The molecule has 1 N–H and O–H groups in total. The number of esters is 1. The minimum atomic E-state index is -0.382. The van der Waals surface area contributed by atoms with Crippen LogP contribution in [0.15, 0.2) is 83.2 Å². The molecular weight excluding hydrogens is 350 g/mol. The van der Waals surface area contributed by atoms with Crippen LogP contribution in [0.25, 0.3) is 0 Å². The van der Waals surface area contributed by atoms with Crippen molar-refractivity contribution in [3.8, 4) is 0 Å². The number of Topliss-reactive ketones (excluding diaryl/α,β-unsaturated/α-hetero) is 1. The van der Waals surface area contributed by atoms with E-state index in [4.69, 9.17) is 4.74 Å². The van der Waals surface area contributed by atoms with Crippen LogP contribution in [0.4, 0.5) is 0 Å². The van der Waals surface area contributed by atoms with Crippen LogP contribution in [0.2, 0.25) is 0 Å². The number of allylic oxidation sites excluding steroid dienone is 3. The fraction of sp³-hybridized carbons (Fsp3) is 0.250. The summed E-state index contributed by atoms with van der Waals surface area (Å²) in [6.07, 6.45) is 2.19. The molecule has 0 unspecified atom stereocenters. The quantitative estimate of drug-likeness (QED) is 0.807. The van der Waals surface area contributed by atoms with Crippen LogP contribution in [0.5, 0.6) is 0 Å². The largest absolute Gasteiger partial charge is 0.457 e. The molecule has 0 aromatic heterocycles. The molecule has 0 fully saturated rings. The summed E-state index contributed by atoms with van der Waals surface area (Å²) in [5.41, 5.74) is 4.83. The van der Waals surface area contributed by atoms with Crippen LogP contribution < -0.4 is 5.32 Å². The second kappa shape index (κ2) is 7.85. The molecule has 4 rings (SSSR count). The first kappa shape index (κ1) is 18.2. The zero-order chi connectivity index (χ0) is 19.5. The molecule has 0 bridgehead atoms. The Labute approximate surface area is 164 Å². The van der Waals surface area contributed by atoms with Crippen molar-refractivity contribution >= 4 is 11.8 Å². The molecule has 0 amide bonds. The lowest BCUT2D eigenvalue weighted by Gasteiger charge is -2.34. The first-order chi connectivity index (χ1) is 13.6. The summed E-state index contributed by atoms with van der Waals surface area (Å²) in [7, 11) is 0. The summed E-state index contributed by atoms with van der Waals surface area (Å²) in [6.45, 7) is 2.09. The van der Waals surface area contributed by atoms with E-state index in [0.717, 1.165) is 40.9 Å². The van der Waals surface area contributed by atoms with Gasteiger partial charge in [-0.1, -0.05) is 60.7 Å². The van der Waals surface area contributed by atoms with E-state index >= 15 is 0 Å². The van der Waals surface area contributed by atoms with E-state index in [1.165, 1.54) is 0 Å². The molecule has 28 heavy (non-hydrogen) atoms. The topological polar surface area (TPSA) is 55.4 Å². The fourth-order valence-corrected chi connectivity index (χ4v) is 4.03. The van der Waals surface area contributed by atoms with E-state index in [1.807, 2.05) is 67.6 Å². The van der Waals surface area contributed by atoms with Gasteiger partial charge < -0.3 is 10.1 Å². The maximum absolute atomic E-state index is 13.1. The Hall–Kier alpha value is -3.14. The summed E-state index contributed by atoms with van der Waals surface area (Å²) in [5.74, 6) is -0.649. The van der Waals surface area contributed by atoms with Crippen LogP contribution in [-0.4, -0.2) is 11.8 Å². The number of hydrogen-bond acceptors (Lipinski definition) is 4. The van der Waals surface area contributed by atoms with Crippen molar-refractivity contribution in [2.45, 2.75) is 38.7 Å². The number of ether oxygens (including phenoxy) is 1. The van der Waals surface area contributed by atoms with Crippen molar-refractivity contribution in [3.05, 3.63) is 94.3 Å². The molecule has 1 heterocycles. The van der Waals surface area contributed by atoms with E-state index in [1.54, 1.807) is 0 Å². The SMILES string of the molecule is CC1=C(C(=O)OCc2ccccc2)[C@@H](c2ccccc2)C2=C(CCCC2=O)N1.